The van der Waals surface area contributed by atoms with Crippen LogP contribution in [0.2, 0.25) is 0 Å². The molecule has 18 heavy (non-hydrogen) atoms. The van der Waals surface area contributed by atoms with Gasteiger partial charge in [-0.2, -0.15) is 0 Å². The summed E-state index contributed by atoms with van der Waals surface area (Å²) in [5.41, 5.74) is 2.38. The van der Waals surface area contributed by atoms with E-state index in [1.54, 1.807) is 18.5 Å². The number of rotatable bonds is 6. The fraction of sp³-hybridized carbons (Fsp3) is 0.385. The minimum atomic E-state index is -0.0667. The molecule has 2 aromatic rings. The van der Waals surface area contributed by atoms with Gasteiger partial charge in [0.25, 0.3) is 5.91 Å². The van der Waals surface area contributed by atoms with Crippen molar-refractivity contribution in [1.82, 2.24) is 15.3 Å². The quantitative estimate of drug-likeness (QED) is 0.764. The third kappa shape index (κ3) is 3.07. The molecule has 1 aromatic carbocycles. The zero-order chi connectivity index (χ0) is 12.8. The average molecular weight is 247 g/mol. The van der Waals surface area contributed by atoms with Gasteiger partial charge in [0.15, 0.2) is 0 Å². The predicted molar refractivity (Wildman–Crippen MR) is 69.5 cm³/mol. The van der Waals surface area contributed by atoms with Gasteiger partial charge in [0.05, 0.1) is 17.4 Å². The summed E-state index contributed by atoms with van der Waals surface area (Å²) in [5, 5.41) is 2.86. The Morgan fingerprint density at radius 3 is 3.22 bits per heavy atom. The maximum absolute atomic E-state index is 11.9. The summed E-state index contributed by atoms with van der Waals surface area (Å²) >= 11 is 0. The van der Waals surface area contributed by atoms with Crippen LogP contribution in [0.1, 0.15) is 23.7 Å². The number of nitrogens with one attached hydrogen (secondary N) is 2. The Kier molecular flexibility index (Phi) is 4.30. The van der Waals surface area contributed by atoms with Crippen LogP contribution >= 0.6 is 0 Å². The summed E-state index contributed by atoms with van der Waals surface area (Å²) in [7, 11) is 0. The van der Waals surface area contributed by atoms with Gasteiger partial charge in [0.2, 0.25) is 0 Å². The maximum atomic E-state index is 11.9. The first-order chi connectivity index (χ1) is 8.81. The molecule has 0 saturated carbocycles. The standard InChI is InChI=1S/C13H17N3O2/c1-2-18-7-3-6-14-13(17)10-4-5-11-12(8-10)16-9-15-11/h4-5,8-9H,2-3,6-7H2,1H3,(H,14,17)(H,15,16). The number of hydrogen-bond donors (Lipinski definition) is 2. The molecule has 1 heterocycles. The van der Waals surface area contributed by atoms with E-state index in [4.69, 9.17) is 4.74 Å². The molecule has 0 fully saturated rings. The molecule has 0 saturated heterocycles. The van der Waals surface area contributed by atoms with Crippen molar-refractivity contribution in [3.05, 3.63) is 30.1 Å². The van der Waals surface area contributed by atoms with Gasteiger partial charge in [-0.15, -0.1) is 0 Å². The van der Waals surface area contributed by atoms with Gasteiger partial charge in [-0.05, 0) is 31.5 Å². The fourth-order valence-electron chi connectivity index (χ4n) is 1.70. The molecule has 5 heteroatoms. The monoisotopic (exact) mass is 247 g/mol. The molecular formula is C13H17N3O2. The van der Waals surface area contributed by atoms with Crippen molar-refractivity contribution in [2.24, 2.45) is 0 Å². The van der Waals surface area contributed by atoms with Gasteiger partial charge in [-0.25, -0.2) is 4.98 Å². The minimum Gasteiger partial charge on any atom is -0.382 e. The van der Waals surface area contributed by atoms with Crippen molar-refractivity contribution < 1.29 is 9.53 Å². The molecule has 96 valence electrons. The topological polar surface area (TPSA) is 67.0 Å². The first-order valence-corrected chi connectivity index (χ1v) is 6.10. The summed E-state index contributed by atoms with van der Waals surface area (Å²) in [6.07, 6.45) is 2.44. The van der Waals surface area contributed by atoms with Crippen LogP contribution in [0.15, 0.2) is 24.5 Å². The summed E-state index contributed by atoms with van der Waals surface area (Å²) in [5.74, 6) is -0.0667. The number of hydrogen-bond acceptors (Lipinski definition) is 3. The van der Waals surface area contributed by atoms with Crippen LogP contribution in [0.25, 0.3) is 11.0 Å². The number of fused-ring (bicyclic) bond motifs is 1. The SMILES string of the molecule is CCOCCCNC(=O)c1ccc2nc[nH]c2c1. The Labute approximate surface area is 106 Å². The van der Waals surface area contributed by atoms with E-state index in [0.29, 0.717) is 25.3 Å². The van der Waals surface area contributed by atoms with Gasteiger partial charge in [-0.1, -0.05) is 0 Å². The molecule has 0 spiro atoms. The average Bonchev–Trinajstić information content (AvgIpc) is 2.85. The smallest absolute Gasteiger partial charge is 0.251 e. The van der Waals surface area contributed by atoms with Crippen molar-refractivity contribution in [3.8, 4) is 0 Å². The molecular weight excluding hydrogens is 230 g/mol. The highest BCUT2D eigenvalue weighted by Crippen LogP contribution is 2.11. The van der Waals surface area contributed by atoms with Crippen molar-refractivity contribution in [3.63, 3.8) is 0 Å². The Bertz CT molecular complexity index is 522. The molecule has 0 aliphatic rings. The molecule has 1 amide bonds. The highest BCUT2D eigenvalue weighted by Gasteiger charge is 2.06. The summed E-state index contributed by atoms with van der Waals surface area (Å²) < 4.78 is 5.20. The number of aromatic amines is 1. The van der Waals surface area contributed by atoms with Crippen molar-refractivity contribution in [1.29, 1.82) is 0 Å². The van der Waals surface area contributed by atoms with Crippen molar-refractivity contribution in [2.75, 3.05) is 19.8 Å². The van der Waals surface area contributed by atoms with Crippen LogP contribution in [0.5, 0.6) is 0 Å². The molecule has 0 aliphatic heterocycles. The lowest BCUT2D eigenvalue weighted by Crippen LogP contribution is -2.25. The molecule has 5 nitrogen and oxygen atoms in total. The molecule has 0 unspecified atom stereocenters. The predicted octanol–water partition coefficient (Wildman–Crippen LogP) is 1.72. The molecule has 1 aromatic heterocycles. The molecule has 2 N–H and O–H groups in total. The molecule has 0 bridgehead atoms. The second-order valence-corrected chi connectivity index (χ2v) is 3.94. The van der Waals surface area contributed by atoms with E-state index < -0.39 is 0 Å². The number of H-pyrrole nitrogens is 1. The summed E-state index contributed by atoms with van der Waals surface area (Å²) in [6.45, 7) is 3.97. The fourth-order valence-corrected chi connectivity index (χ4v) is 1.70. The van der Waals surface area contributed by atoms with Crippen molar-refractivity contribution in [2.45, 2.75) is 13.3 Å². The van der Waals surface area contributed by atoms with Gasteiger partial charge in [0, 0.05) is 25.3 Å². The largest absolute Gasteiger partial charge is 0.382 e. The minimum absolute atomic E-state index is 0.0667. The summed E-state index contributed by atoms with van der Waals surface area (Å²) in [4.78, 5) is 19.0. The van der Waals surface area contributed by atoms with Crippen LogP contribution in [-0.2, 0) is 4.74 Å². The lowest BCUT2D eigenvalue weighted by molar-refractivity contribution is 0.0944. The van der Waals surface area contributed by atoms with Crippen LogP contribution < -0.4 is 5.32 Å². The Morgan fingerprint density at radius 2 is 2.39 bits per heavy atom. The van der Waals surface area contributed by atoms with Gasteiger partial charge < -0.3 is 15.0 Å². The number of benzene rings is 1. The van der Waals surface area contributed by atoms with Crippen molar-refractivity contribution >= 4 is 16.9 Å². The van der Waals surface area contributed by atoms with E-state index >= 15 is 0 Å². The Hall–Kier alpha value is -1.88. The molecule has 0 aliphatic carbocycles. The molecule has 0 radical (unpaired) electrons. The Balaban J connectivity index is 1.88. The molecule has 2 rings (SSSR count). The second-order valence-electron chi connectivity index (χ2n) is 3.94. The van der Waals surface area contributed by atoms with E-state index in [2.05, 4.69) is 15.3 Å². The van der Waals surface area contributed by atoms with Gasteiger partial charge >= 0.3 is 0 Å². The second kappa shape index (κ2) is 6.16. The van der Waals surface area contributed by atoms with E-state index in [1.165, 1.54) is 0 Å². The normalized spacial score (nSPS) is 10.7. The number of nitrogens with zero attached hydrogens (tertiary/aromatic N) is 1. The van der Waals surface area contributed by atoms with Crippen LogP contribution in [-0.4, -0.2) is 35.6 Å². The maximum Gasteiger partial charge on any atom is 0.251 e. The highest BCUT2D eigenvalue weighted by molar-refractivity contribution is 5.97. The highest BCUT2D eigenvalue weighted by atomic mass is 16.5. The lowest BCUT2D eigenvalue weighted by Gasteiger charge is -2.05. The van der Waals surface area contributed by atoms with Crippen LogP contribution in [0.3, 0.4) is 0 Å². The number of imidazole rings is 1. The third-order valence-electron chi connectivity index (χ3n) is 2.64. The zero-order valence-electron chi connectivity index (χ0n) is 10.4. The number of carbonyl (C=O) groups is 1. The van der Waals surface area contributed by atoms with E-state index in [0.717, 1.165) is 17.5 Å². The zero-order valence-corrected chi connectivity index (χ0v) is 10.4. The van der Waals surface area contributed by atoms with Crippen LogP contribution in [0, 0.1) is 0 Å². The Morgan fingerprint density at radius 1 is 1.50 bits per heavy atom. The number of amides is 1. The first kappa shape index (κ1) is 12.6. The van der Waals surface area contributed by atoms with Gasteiger partial charge in [0.1, 0.15) is 0 Å². The lowest BCUT2D eigenvalue weighted by atomic mass is 10.2. The van der Waals surface area contributed by atoms with E-state index in [1.807, 2.05) is 13.0 Å². The number of aromatic nitrogens is 2. The molecule has 0 atom stereocenters. The van der Waals surface area contributed by atoms with Gasteiger partial charge in [-0.3, -0.25) is 4.79 Å². The van der Waals surface area contributed by atoms with E-state index in [-0.39, 0.29) is 5.91 Å². The number of carbonyl (C=O) groups excluding carboxylic acids is 1. The number of ether oxygens (including phenoxy) is 1. The third-order valence-corrected chi connectivity index (χ3v) is 2.64. The summed E-state index contributed by atoms with van der Waals surface area (Å²) in [6, 6.07) is 5.42. The van der Waals surface area contributed by atoms with E-state index in [9.17, 15) is 4.79 Å². The first-order valence-electron chi connectivity index (χ1n) is 6.10. The van der Waals surface area contributed by atoms with Crippen LogP contribution in [0.4, 0.5) is 0 Å².